The van der Waals surface area contributed by atoms with Gasteiger partial charge in [-0.05, 0) is 26.3 Å². The van der Waals surface area contributed by atoms with Crippen molar-refractivity contribution in [2.75, 3.05) is 13.7 Å². The summed E-state index contributed by atoms with van der Waals surface area (Å²) in [5, 5.41) is 2.67. The Kier molecular flexibility index (Phi) is 8.44. The van der Waals surface area contributed by atoms with Gasteiger partial charge in [0.25, 0.3) is 0 Å². The van der Waals surface area contributed by atoms with E-state index >= 15 is 0 Å². The highest BCUT2D eigenvalue weighted by molar-refractivity contribution is 5.90. The Morgan fingerprint density at radius 3 is 2.39 bits per heavy atom. The number of carbonyl (C=O) groups excluding carboxylic acids is 3. The molecule has 1 aliphatic rings. The summed E-state index contributed by atoms with van der Waals surface area (Å²) in [4.78, 5) is 36.1. The predicted octanol–water partition coefficient (Wildman–Crippen LogP) is 2.48. The molecule has 0 radical (unpaired) electrons. The summed E-state index contributed by atoms with van der Waals surface area (Å²) in [6, 6.07) is 8.39. The van der Waals surface area contributed by atoms with Crippen LogP contribution >= 0.6 is 0 Å². The normalized spacial score (nSPS) is 20.7. The number of benzene rings is 1. The lowest BCUT2D eigenvalue weighted by atomic mass is 9.95. The van der Waals surface area contributed by atoms with Crippen molar-refractivity contribution in [3.63, 3.8) is 0 Å². The van der Waals surface area contributed by atoms with Crippen LogP contribution < -0.4 is 5.32 Å². The van der Waals surface area contributed by atoms with Crippen molar-refractivity contribution in [2.24, 2.45) is 0 Å². The average molecular weight is 435 g/mol. The first kappa shape index (κ1) is 24.2. The summed E-state index contributed by atoms with van der Waals surface area (Å²) in [6.45, 7) is 6.48. The van der Waals surface area contributed by atoms with E-state index in [1.165, 1.54) is 20.3 Å². The van der Waals surface area contributed by atoms with Crippen molar-refractivity contribution in [1.29, 1.82) is 0 Å². The number of nitrogens with one attached hydrogen (secondary N) is 1. The minimum Gasteiger partial charge on any atom is -0.491 e. The molecular formula is C22H29NO8. The van der Waals surface area contributed by atoms with Gasteiger partial charge >= 0.3 is 18.0 Å². The molecule has 1 aromatic carbocycles. The Morgan fingerprint density at radius 1 is 1.13 bits per heavy atom. The predicted molar refractivity (Wildman–Crippen MR) is 110 cm³/mol. The Balaban J connectivity index is 2.31. The van der Waals surface area contributed by atoms with E-state index in [9.17, 15) is 14.4 Å². The zero-order chi connectivity index (χ0) is 23.0. The van der Waals surface area contributed by atoms with Gasteiger partial charge in [-0.15, -0.1) is 0 Å². The lowest BCUT2D eigenvalue weighted by molar-refractivity contribution is -0.153. The van der Waals surface area contributed by atoms with Gasteiger partial charge in [-0.2, -0.15) is 0 Å². The van der Waals surface area contributed by atoms with Crippen LogP contribution in [0.3, 0.4) is 0 Å². The van der Waals surface area contributed by atoms with E-state index in [2.05, 4.69) is 5.32 Å². The van der Waals surface area contributed by atoms with Crippen LogP contribution in [-0.2, 0) is 39.9 Å². The Labute approximate surface area is 181 Å². The second kappa shape index (κ2) is 10.8. The summed E-state index contributed by atoms with van der Waals surface area (Å²) in [6.07, 6.45) is -1.20. The molecule has 0 saturated heterocycles. The van der Waals surface area contributed by atoms with E-state index in [0.29, 0.717) is 0 Å². The number of hydrogen-bond donors (Lipinski definition) is 1. The van der Waals surface area contributed by atoms with Crippen LogP contribution in [0, 0.1) is 0 Å². The monoisotopic (exact) mass is 435 g/mol. The van der Waals surface area contributed by atoms with Crippen molar-refractivity contribution < 1.29 is 38.1 Å². The molecule has 0 saturated carbocycles. The number of amides is 1. The van der Waals surface area contributed by atoms with Gasteiger partial charge in [0, 0.05) is 6.92 Å². The standard InChI is InChI=1S/C22H29NO8/c1-14(24)28-13-17-19(30-11-15-9-7-6-8-10-15)18(16(12-29-17)20(25)27-5)23-21(26)31-22(2,3)4/h6-10,12,17-19H,11,13H2,1-5H3,(H,23,26)/t17-,18+,19-/m1/s1. The fraction of sp³-hybridized carbons (Fsp3) is 0.500. The summed E-state index contributed by atoms with van der Waals surface area (Å²) < 4.78 is 26.9. The van der Waals surface area contributed by atoms with Crippen LogP contribution in [0.1, 0.15) is 33.3 Å². The van der Waals surface area contributed by atoms with Crippen LogP contribution in [0.25, 0.3) is 0 Å². The zero-order valence-corrected chi connectivity index (χ0v) is 18.4. The molecule has 170 valence electrons. The summed E-state index contributed by atoms with van der Waals surface area (Å²) in [5.41, 5.74) is 0.173. The number of rotatable bonds is 7. The Morgan fingerprint density at radius 2 is 1.81 bits per heavy atom. The lowest BCUT2D eigenvalue weighted by Gasteiger charge is -2.37. The molecule has 0 fully saturated rings. The summed E-state index contributed by atoms with van der Waals surface area (Å²) in [7, 11) is 1.22. The fourth-order valence-electron chi connectivity index (χ4n) is 2.89. The van der Waals surface area contributed by atoms with Crippen molar-refractivity contribution in [3.05, 3.63) is 47.7 Å². The smallest absolute Gasteiger partial charge is 0.408 e. The molecule has 3 atom stereocenters. The molecule has 1 heterocycles. The summed E-state index contributed by atoms with van der Waals surface area (Å²) >= 11 is 0. The number of ether oxygens (including phenoxy) is 5. The maximum Gasteiger partial charge on any atom is 0.408 e. The SMILES string of the molecule is COC(=O)C1=CO[C@H](COC(C)=O)[C@@H](OCc2ccccc2)[C@H]1NC(=O)OC(C)(C)C. The number of alkyl carbamates (subject to hydrolysis) is 1. The average Bonchev–Trinajstić information content (AvgIpc) is 2.70. The molecule has 9 heteroatoms. The van der Waals surface area contributed by atoms with Crippen LogP contribution in [-0.4, -0.2) is 55.6 Å². The molecule has 2 rings (SSSR count). The molecule has 0 spiro atoms. The third-order valence-corrected chi connectivity index (χ3v) is 4.23. The molecule has 1 aliphatic heterocycles. The van der Waals surface area contributed by atoms with Crippen molar-refractivity contribution >= 4 is 18.0 Å². The van der Waals surface area contributed by atoms with E-state index in [4.69, 9.17) is 23.7 Å². The Hall–Kier alpha value is -3.07. The second-order valence-electron chi connectivity index (χ2n) is 7.93. The van der Waals surface area contributed by atoms with Gasteiger partial charge in [0.15, 0.2) is 6.10 Å². The second-order valence-corrected chi connectivity index (χ2v) is 7.93. The first-order valence-electron chi connectivity index (χ1n) is 9.83. The highest BCUT2D eigenvalue weighted by atomic mass is 16.6. The number of esters is 2. The minimum atomic E-state index is -0.958. The maximum absolute atomic E-state index is 12.5. The van der Waals surface area contributed by atoms with Crippen LogP contribution in [0.15, 0.2) is 42.2 Å². The quantitative estimate of drug-likeness (QED) is 0.514. The number of carbonyl (C=O) groups is 3. The van der Waals surface area contributed by atoms with E-state index in [1.807, 2.05) is 30.3 Å². The number of methoxy groups -OCH3 is 1. The number of hydrogen-bond acceptors (Lipinski definition) is 8. The first-order chi connectivity index (χ1) is 14.6. The maximum atomic E-state index is 12.5. The molecule has 9 nitrogen and oxygen atoms in total. The zero-order valence-electron chi connectivity index (χ0n) is 18.4. The highest BCUT2D eigenvalue weighted by Crippen LogP contribution is 2.25. The minimum absolute atomic E-state index is 0.0468. The summed E-state index contributed by atoms with van der Waals surface area (Å²) in [5.74, 6) is -1.19. The topological polar surface area (TPSA) is 109 Å². The van der Waals surface area contributed by atoms with E-state index in [1.54, 1.807) is 20.8 Å². The van der Waals surface area contributed by atoms with Gasteiger partial charge in [-0.1, -0.05) is 30.3 Å². The molecule has 0 aliphatic carbocycles. The van der Waals surface area contributed by atoms with E-state index < -0.39 is 41.9 Å². The molecule has 0 unspecified atom stereocenters. The molecular weight excluding hydrogens is 406 g/mol. The van der Waals surface area contributed by atoms with Gasteiger partial charge in [0.05, 0.1) is 31.6 Å². The first-order valence-corrected chi connectivity index (χ1v) is 9.83. The van der Waals surface area contributed by atoms with Crippen LogP contribution in [0.4, 0.5) is 4.79 Å². The third-order valence-electron chi connectivity index (χ3n) is 4.23. The van der Waals surface area contributed by atoms with Gasteiger partial charge in [-0.25, -0.2) is 9.59 Å². The van der Waals surface area contributed by atoms with E-state index in [-0.39, 0.29) is 18.8 Å². The lowest BCUT2D eigenvalue weighted by Crippen LogP contribution is -2.56. The Bertz CT molecular complexity index is 799. The molecule has 1 N–H and O–H groups in total. The fourth-order valence-corrected chi connectivity index (χ4v) is 2.89. The molecule has 0 bridgehead atoms. The van der Waals surface area contributed by atoms with Crippen molar-refractivity contribution in [3.8, 4) is 0 Å². The highest BCUT2D eigenvalue weighted by Gasteiger charge is 2.43. The molecule has 1 amide bonds. The van der Waals surface area contributed by atoms with Crippen LogP contribution in [0.2, 0.25) is 0 Å². The van der Waals surface area contributed by atoms with E-state index in [0.717, 1.165) is 5.56 Å². The molecule has 0 aromatic heterocycles. The van der Waals surface area contributed by atoms with Gasteiger partial charge in [0.2, 0.25) is 0 Å². The third kappa shape index (κ3) is 7.60. The molecule has 1 aromatic rings. The van der Waals surface area contributed by atoms with Crippen molar-refractivity contribution in [2.45, 2.75) is 58.2 Å². The van der Waals surface area contributed by atoms with Gasteiger partial charge in [0.1, 0.15) is 18.3 Å². The van der Waals surface area contributed by atoms with Gasteiger partial charge in [-0.3, -0.25) is 4.79 Å². The van der Waals surface area contributed by atoms with Crippen molar-refractivity contribution in [1.82, 2.24) is 5.32 Å². The van der Waals surface area contributed by atoms with Crippen LogP contribution in [0.5, 0.6) is 0 Å². The largest absolute Gasteiger partial charge is 0.491 e. The molecule has 31 heavy (non-hydrogen) atoms. The van der Waals surface area contributed by atoms with Gasteiger partial charge < -0.3 is 29.0 Å².